The second-order valence-corrected chi connectivity index (χ2v) is 6.87. The van der Waals surface area contributed by atoms with E-state index >= 15 is 0 Å². The van der Waals surface area contributed by atoms with Crippen molar-refractivity contribution in [1.29, 1.82) is 0 Å². The molecule has 1 saturated heterocycles. The van der Waals surface area contributed by atoms with Gasteiger partial charge in [0.15, 0.2) is 0 Å². The summed E-state index contributed by atoms with van der Waals surface area (Å²) in [7, 11) is -1.05. The first-order valence-electron chi connectivity index (χ1n) is 7.75. The number of hydrogen-bond acceptors (Lipinski definition) is 3. The summed E-state index contributed by atoms with van der Waals surface area (Å²) in [5, 5.41) is 5.60. The van der Waals surface area contributed by atoms with E-state index in [-0.39, 0.29) is 6.03 Å². The summed E-state index contributed by atoms with van der Waals surface area (Å²) < 4.78 is 17.1. The summed E-state index contributed by atoms with van der Waals surface area (Å²) in [5.41, 5.74) is 0.654. The number of nitrogens with one attached hydrogen (secondary N) is 2. The lowest BCUT2D eigenvalue weighted by molar-refractivity contribution is 0.0103. The summed E-state index contributed by atoms with van der Waals surface area (Å²) in [6.07, 6.45) is 7.42. The summed E-state index contributed by atoms with van der Waals surface area (Å²) >= 11 is 0. The fraction of sp³-hybridized carbons (Fsp3) is 0.562. The van der Waals surface area contributed by atoms with E-state index in [0.29, 0.717) is 23.2 Å². The summed E-state index contributed by atoms with van der Waals surface area (Å²) in [6, 6.07) is 6.84. The van der Waals surface area contributed by atoms with Crippen LogP contribution in [0.4, 0.5) is 10.5 Å². The van der Waals surface area contributed by atoms with E-state index in [2.05, 4.69) is 10.6 Å². The Morgan fingerprint density at radius 2 is 2.27 bits per heavy atom. The molecule has 0 unspecified atom stereocenters. The average molecular weight is 324 g/mol. The second-order valence-electron chi connectivity index (χ2n) is 5.49. The van der Waals surface area contributed by atoms with E-state index in [9.17, 15) is 9.00 Å². The quantitative estimate of drug-likeness (QED) is 0.791. The SMILES string of the molecule is C[S@@](=O)c1cccc(NC(=O)NCCC[C@H]2CCCCO2)c1. The molecular weight excluding hydrogens is 300 g/mol. The van der Waals surface area contributed by atoms with Gasteiger partial charge in [-0.15, -0.1) is 0 Å². The van der Waals surface area contributed by atoms with E-state index in [1.54, 1.807) is 30.5 Å². The maximum Gasteiger partial charge on any atom is 0.319 e. The number of carbonyl (C=O) groups excluding carboxylic acids is 1. The Bertz CT molecular complexity index is 516. The molecule has 1 heterocycles. The Kier molecular flexibility index (Phi) is 6.86. The van der Waals surface area contributed by atoms with Crippen molar-refractivity contribution < 1.29 is 13.7 Å². The topological polar surface area (TPSA) is 67.4 Å². The highest BCUT2D eigenvalue weighted by molar-refractivity contribution is 7.84. The number of rotatable bonds is 6. The van der Waals surface area contributed by atoms with Crippen molar-refractivity contribution in [3.8, 4) is 0 Å². The van der Waals surface area contributed by atoms with Crippen molar-refractivity contribution in [2.75, 3.05) is 24.7 Å². The van der Waals surface area contributed by atoms with Crippen LogP contribution in [-0.2, 0) is 15.5 Å². The summed E-state index contributed by atoms with van der Waals surface area (Å²) in [6.45, 7) is 1.50. The second kappa shape index (κ2) is 8.90. The number of ether oxygens (including phenoxy) is 1. The molecule has 0 spiro atoms. The maximum absolute atomic E-state index is 11.8. The zero-order valence-electron chi connectivity index (χ0n) is 13.0. The molecule has 1 fully saturated rings. The van der Waals surface area contributed by atoms with Crippen molar-refractivity contribution in [3.63, 3.8) is 0 Å². The van der Waals surface area contributed by atoms with Gasteiger partial charge in [0.25, 0.3) is 0 Å². The molecule has 1 aromatic rings. The van der Waals surface area contributed by atoms with E-state index in [1.807, 2.05) is 0 Å². The minimum absolute atomic E-state index is 0.233. The van der Waals surface area contributed by atoms with Gasteiger partial charge in [-0.1, -0.05) is 6.07 Å². The average Bonchev–Trinajstić information content (AvgIpc) is 2.53. The van der Waals surface area contributed by atoms with Gasteiger partial charge in [0, 0.05) is 40.8 Å². The lowest BCUT2D eigenvalue weighted by Crippen LogP contribution is -2.30. The predicted molar refractivity (Wildman–Crippen MR) is 88.6 cm³/mol. The standard InChI is InChI=1S/C16H24N2O3S/c1-22(20)15-9-4-6-13(12-15)18-16(19)17-10-5-8-14-7-2-3-11-21-14/h4,6,9,12,14H,2-3,5,7-8,10-11H2,1H3,(H2,17,18,19)/t14-,22-/m1/s1. The van der Waals surface area contributed by atoms with Gasteiger partial charge in [0.05, 0.1) is 6.10 Å². The maximum atomic E-state index is 11.8. The molecule has 5 nitrogen and oxygen atoms in total. The monoisotopic (exact) mass is 324 g/mol. The van der Waals surface area contributed by atoms with Gasteiger partial charge in [-0.25, -0.2) is 4.79 Å². The Morgan fingerprint density at radius 1 is 1.41 bits per heavy atom. The first-order valence-corrected chi connectivity index (χ1v) is 9.31. The highest BCUT2D eigenvalue weighted by Crippen LogP contribution is 2.16. The van der Waals surface area contributed by atoms with Gasteiger partial charge in [0.1, 0.15) is 0 Å². The van der Waals surface area contributed by atoms with Crippen molar-refractivity contribution in [1.82, 2.24) is 5.32 Å². The summed E-state index contributed by atoms with van der Waals surface area (Å²) in [5.74, 6) is 0. The third-order valence-electron chi connectivity index (χ3n) is 3.69. The van der Waals surface area contributed by atoms with Gasteiger partial charge < -0.3 is 15.4 Å². The van der Waals surface area contributed by atoms with Crippen LogP contribution in [-0.4, -0.2) is 35.8 Å². The molecule has 1 aliphatic rings. The molecule has 0 bridgehead atoms. The van der Waals surface area contributed by atoms with Gasteiger partial charge in [0.2, 0.25) is 0 Å². The third-order valence-corrected chi connectivity index (χ3v) is 4.60. The Hall–Kier alpha value is -1.40. The van der Waals surface area contributed by atoms with Crippen LogP contribution in [0.5, 0.6) is 0 Å². The van der Waals surface area contributed by atoms with Gasteiger partial charge >= 0.3 is 6.03 Å². The number of urea groups is 1. The van der Waals surface area contributed by atoms with Crippen molar-refractivity contribution >= 4 is 22.5 Å². The van der Waals surface area contributed by atoms with E-state index < -0.39 is 10.8 Å². The molecule has 2 rings (SSSR count). The largest absolute Gasteiger partial charge is 0.378 e. The smallest absolute Gasteiger partial charge is 0.319 e. The number of hydrogen-bond donors (Lipinski definition) is 2. The van der Waals surface area contributed by atoms with Crippen LogP contribution >= 0.6 is 0 Å². The van der Waals surface area contributed by atoms with Crippen molar-refractivity contribution in [2.45, 2.75) is 43.1 Å². The Morgan fingerprint density at radius 3 is 3.00 bits per heavy atom. The fourth-order valence-electron chi connectivity index (χ4n) is 2.49. The molecule has 2 N–H and O–H groups in total. The number of benzene rings is 1. The molecule has 0 aliphatic carbocycles. The van der Waals surface area contributed by atoms with Crippen LogP contribution in [0.2, 0.25) is 0 Å². The molecule has 2 atom stereocenters. The molecule has 2 amide bonds. The molecule has 1 aromatic carbocycles. The van der Waals surface area contributed by atoms with Crippen LogP contribution < -0.4 is 10.6 Å². The van der Waals surface area contributed by atoms with Crippen LogP contribution in [0.1, 0.15) is 32.1 Å². The highest BCUT2D eigenvalue weighted by atomic mass is 32.2. The lowest BCUT2D eigenvalue weighted by Gasteiger charge is -2.22. The van der Waals surface area contributed by atoms with E-state index in [4.69, 9.17) is 4.74 Å². The molecule has 0 saturated carbocycles. The number of anilines is 1. The third kappa shape index (κ3) is 5.77. The Balaban J connectivity index is 1.67. The first kappa shape index (κ1) is 17.0. The fourth-order valence-corrected chi connectivity index (χ4v) is 3.06. The number of amides is 2. The minimum atomic E-state index is -1.05. The molecule has 0 radical (unpaired) electrons. The predicted octanol–water partition coefficient (Wildman–Crippen LogP) is 2.89. The molecule has 22 heavy (non-hydrogen) atoms. The zero-order valence-corrected chi connectivity index (χ0v) is 13.8. The summed E-state index contributed by atoms with van der Waals surface area (Å²) in [4.78, 5) is 12.5. The molecule has 1 aliphatic heterocycles. The van der Waals surface area contributed by atoms with E-state index in [1.165, 1.54) is 12.8 Å². The van der Waals surface area contributed by atoms with E-state index in [0.717, 1.165) is 25.9 Å². The number of carbonyl (C=O) groups is 1. The Labute approximate surface area is 134 Å². The lowest BCUT2D eigenvalue weighted by atomic mass is 10.0. The van der Waals surface area contributed by atoms with Crippen LogP contribution in [0.25, 0.3) is 0 Å². The first-order chi connectivity index (χ1) is 10.6. The molecule has 122 valence electrons. The minimum Gasteiger partial charge on any atom is -0.378 e. The van der Waals surface area contributed by atoms with Crippen LogP contribution in [0.15, 0.2) is 29.2 Å². The van der Waals surface area contributed by atoms with Gasteiger partial charge in [-0.2, -0.15) is 0 Å². The molecule has 6 heteroatoms. The van der Waals surface area contributed by atoms with Crippen molar-refractivity contribution in [3.05, 3.63) is 24.3 Å². The normalized spacial score (nSPS) is 19.4. The van der Waals surface area contributed by atoms with Gasteiger partial charge in [-0.3, -0.25) is 4.21 Å². The molecule has 0 aromatic heterocycles. The van der Waals surface area contributed by atoms with Gasteiger partial charge in [-0.05, 0) is 50.3 Å². The molecular formula is C16H24N2O3S. The zero-order chi connectivity index (χ0) is 15.8. The highest BCUT2D eigenvalue weighted by Gasteiger charge is 2.13. The van der Waals surface area contributed by atoms with Crippen LogP contribution in [0, 0.1) is 0 Å². The van der Waals surface area contributed by atoms with Crippen molar-refractivity contribution in [2.24, 2.45) is 0 Å². The van der Waals surface area contributed by atoms with Crippen LogP contribution in [0.3, 0.4) is 0 Å².